The summed E-state index contributed by atoms with van der Waals surface area (Å²) < 4.78 is 10.5. The van der Waals surface area contributed by atoms with E-state index in [0.717, 1.165) is 6.42 Å². The molecule has 0 unspecified atom stereocenters. The number of ether oxygens (including phenoxy) is 2. The first-order valence-electron chi connectivity index (χ1n) is 7.60. The summed E-state index contributed by atoms with van der Waals surface area (Å²) in [5.74, 6) is 1.42. The topological polar surface area (TPSA) is 67.8 Å². The van der Waals surface area contributed by atoms with Crippen LogP contribution in [0.2, 0.25) is 0 Å². The Morgan fingerprint density at radius 3 is 2.91 bits per heavy atom. The Morgan fingerprint density at radius 2 is 2.13 bits per heavy atom. The average Bonchev–Trinajstić information content (AvgIpc) is 3.24. The molecule has 2 N–H and O–H groups in total. The van der Waals surface area contributed by atoms with Gasteiger partial charge in [-0.3, -0.25) is 4.79 Å². The van der Waals surface area contributed by atoms with Crippen molar-refractivity contribution in [3.63, 3.8) is 0 Å². The van der Waals surface area contributed by atoms with E-state index in [2.05, 4.69) is 11.4 Å². The monoisotopic (exact) mass is 333 g/mol. The van der Waals surface area contributed by atoms with E-state index in [1.54, 1.807) is 29.5 Å². The molecule has 0 radical (unpaired) electrons. The lowest BCUT2D eigenvalue weighted by molar-refractivity contribution is 0.0951. The molecule has 23 heavy (non-hydrogen) atoms. The molecule has 5 nitrogen and oxygen atoms in total. The van der Waals surface area contributed by atoms with Crippen molar-refractivity contribution in [2.24, 2.45) is 0 Å². The van der Waals surface area contributed by atoms with Gasteiger partial charge in [0.15, 0.2) is 11.5 Å². The van der Waals surface area contributed by atoms with Crippen molar-refractivity contribution in [2.75, 3.05) is 19.9 Å². The van der Waals surface area contributed by atoms with E-state index in [4.69, 9.17) is 9.47 Å². The molecular formula is C17H19NO4S. The molecule has 1 aliphatic rings. The number of amides is 1. The van der Waals surface area contributed by atoms with Gasteiger partial charge in [-0.2, -0.15) is 0 Å². The van der Waals surface area contributed by atoms with Gasteiger partial charge in [0.05, 0.1) is 0 Å². The van der Waals surface area contributed by atoms with Crippen molar-refractivity contribution in [1.82, 2.24) is 5.32 Å². The number of thiophene rings is 1. The van der Waals surface area contributed by atoms with E-state index < -0.39 is 0 Å². The second kappa shape index (κ2) is 7.48. The summed E-state index contributed by atoms with van der Waals surface area (Å²) >= 11 is 1.69. The van der Waals surface area contributed by atoms with Gasteiger partial charge in [-0.15, -0.1) is 11.3 Å². The van der Waals surface area contributed by atoms with Crippen molar-refractivity contribution >= 4 is 17.2 Å². The van der Waals surface area contributed by atoms with Crippen LogP contribution < -0.4 is 14.8 Å². The van der Waals surface area contributed by atoms with Gasteiger partial charge in [-0.1, -0.05) is 6.07 Å². The van der Waals surface area contributed by atoms with Crippen LogP contribution in [0.3, 0.4) is 0 Å². The van der Waals surface area contributed by atoms with Crippen molar-refractivity contribution in [3.05, 3.63) is 46.2 Å². The van der Waals surface area contributed by atoms with Gasteiger partial charge < -0.3 is 19.9 Å². The van der Waals surface area contributed by atoms with E-state index in [1.807, 2.05) is 11.4 Å². The second-order valence-corrected chi connectivity index (χ2v) is 6.32. The minimum atomic E-state index is -0.128. The summed E-state index contributed by atoms with van der Waals surface area (Å²) in [6.45, 7) is 0.915. The summed E-state index contributed by atoms with van der Waals surface area (Å²) in [4.78, 5) is 13.5. The van der Waals surface area contributed by atoms with Crippen LogP contribution in [0, 0.1) is 0 Å². The maximum atomic E-state index is 12.2. The van der Waals surface area contributed by atoms with Crippen molar-refractivity contribution in [1.29, 1.82) is 0 Å². The van der Waals surface area contributed by atoms with E-state index in [-0.39, 0.29) is 25.2 Å². The molecule has 1 aromatic carbocycles. The zero-order valence-corrected chi connectivity index (χ0v) is 13.5. The summed E-state index contributed by atoms with van der Waals surface area (Å²) in [5.41, 5.74) is 0.559. The molecule has 1 aromatic heterocycles. The molecule has 2 aromatic rings. The molecule has 1 aliphatic heterocycles. The van der Waals surface area contributed by atoms with Gasteiger partial charge in [-0.05, 0) is 48.4 Å². The maximum Gasteiger partial charge on any atom is 0.251 e. The van der Waals surface area contributed by atoms with Gasteiger partial charge in [0.1, 0.15) is 0 Å². The van der Waals surface area contributed by atoms with Gasteiger partial charge in [0.25, 0.3) is 5.91 Å². The van der Waals surface area contributed by atoms with E-state index in [1.165, 1.54) is 4.88 Å². The molecule has 0 fully saturated rings. The fourth-order valence-corrected chi connectivity index (χ4v) is 3.51. The molecule has 0 bridgehead atoms. The first-order chi connectivity index (χ1) is 11.3. The lowest BCUT2D eigenvalue weighted by Crippen LogP contribution is -2.25. The predicted octanol–water partition coefficient (Wildman–Crippen LogP) is 2.76. The molecule has 0 saturated heterocycles. The third-order valence-corrected chi connectivity index (χ3v) is 4.87. The van der Waals surface area contributed by atoms with Gasteiger partial charge in [0, 0.05) is 23.6 Å². The highest BCUT2D eigenvalue weighted by Crippen LogP contribution is 2.32. The minimum absolute atomic E-state index is 0.128. The Hall–Kier alpha value is -2.05. The normalized spacial score (nSPS) is 13.8. The molecule has 6 heteroatoms. The summed E-state index contributed by atoms with van der Waals surface area (Å²) in [6, 6.07) is 9.26. The Kier molecular flexibility index (Phi) is 5.15. The number of nitrogens with one attached hydrogen (secondary N) is 1. The quantitative estimate of drug-likeness (QED) is 0.817. The zero-order valence-electron chi connectivity index (χ0n) is 12.7. The summed E-state index contributed by atoms with van der Waals surface area (Å²) in [7, 11) is 0. The van der Waals surface area contributed by atoms with Crippen molar-refractivity contribution < 1.29 is 19.4 Å². The lowest BCUT2D eigenvalue weighted by Gasteiger charge is -2.14. The highest BCUT2D eigenvalue weighted by molar-refractivity contribution is 7.10. The van der Waals surface area contributed by atoms with Gasteiger partial charge in [-0.25, -0.2) is 0 Å². The molecule has 2 heterocycles. The molecule has 1 atom stereocenters. The van der Waals surface area contributed by atoms with Crippen LogP contribution in [0.15, 0.2) is 35.7 Å². The maximum absolute atomic E-state index is 12.2. The Morgan fingerprint density at radius 1 is 1.26 bits per heavy atom. The summed E-state index contributed by atoms with van der Waals surface area (Å²) in [6.07, 6.45) is 1.51. The largest absolute Gasteiger partial charge is 0.454 e. The number of hydrogen-bond acceptors (Lipinski definition) is 5. The summed E-state index contributed by atoms with van der Waals surface area (Å²) in [5, 5.41) is 14.2. The minimum Gasteiger partial charge on any atom is -0.454 e. The van der Waals surface area contributed by atoms with Crippen LogP contribution in [-0.2, 0) is 0 Å². The van der Waals surface area contributed by atoms with Crippen LogP contribution in [-0.4, -0.2) is 31.0 Å². The van der Waals surface area contributed by atoms with Crippen molar-refractivity contribution in [2.45, 2.75) is 18.8 Å². The third kappa shape index (κ3) is 3.83. The van der Waals surface area contributed by atoms with E-state index >= 15 is 0 Å². The Bertz CT molecular complexity index is 657. The lowest BCUT2D eigenvalue weighted by atomic mass is 10.00. The molecular weight excluding hydrogens is 314 g/mol. The SMILES string of the molecule is O=C(NCC[C@H](CCO)c1cccs1)c1ccc2c(c1)OCO2. The number of carbonyl (C=O) groups excluding carboxylic acids is 1. The zero-order chi connectivity index (χ0) is 16.1. The van der Waals surface area contributed by atoms with Gasteiger partial charge >= 0.3 is 0 Å². The fraction of sp³-hybridized carbons (Fsp3) is 0.353. The third-order valence-electron chi connectivity index (χ3n) is 3.84. The number of hydrogen-bond donors (Lipinski definition) is 2. The molecule has 0 spiro atoms. The average molecular weight is 333 g/mol. The number of aliphatic hydroxyl groups is 1. The number of carbonyl (C=O) groups is 1. The van der Waals surface area contributed by atoms with Crippen LogP contribution in [0.5, 0.6) is 11.5 Å². The van der Waals surface area contributed by atoms with Crippen LogP contribution in [0.25, 0.3) is 0 Å². The standard InChI is InChI=1S/C17H19NO4S/c19-8-6-12(16-2-1-9-23-16)5-7-18-17(20)13-3-4-14-15(10-13)22-11-21-14/h1-4,9-10,12,19H,5-8,11H2,(H,18,20)/t12-/m1/s1. The first-order valence-corrected chi connectivity index (χ1v) is 8.48. The van der Waals surface area contributed by atoms with Crippen LogP contribution in [0.4, 0.5) is 0 Å². The smallest absolute Gasteiger partial charge is 0.251 e. The van der Waals surface area contributed by atoms with Crippen LogP contribution >= 0.6 is 11.3 Å². The first kappa shape index (κ1) is 15.8. The van der Waals surface area contributed by atoms with E-state index in [9.17, 15) is 9.90 Å². The Labute approximate surface area is 138 Å². The number of rotatable bonds is 7. The molecule has 3 rings (SSSR count). The highest BCUT2D eigenvalue weighted by Gasteiger charge is 2.17. The predicted molar refractivity (Wildman–Crippen MR) is 88.3 cm³/mol. The highest BCUT2D eigenvalue weighted by atomic mass is 32.1. The molecule has 122 valence electrons. The number of benzene rings is 1. The van der Waals surface area contributed by atoms with Crippen molar-refractivity contribution in [3.8, 4) is 11.5 Å². The van der Waals surface area contributed by atoms with Crippen LogP contribution in [0.1, 0.15) is 34.0 Å². The molecule has 0 saturated carbocycles. The van der Waals surface area contributed by atoms with Gasteiger partial charge in [0.2, 0.25) is 6.79 Å². The number of aliphatic hydroxyl groups excluding tert-OH is 1. The fourth-order valence-electron chi connectivity index (χ4n) is 2.61. The number of fused-ring (bicyclic) bond motifs is 1. The molecule has 0 aliphatic carbocycles. The Balaban J connectivity index is 1.54. The second-order valence-electron chi connectivity index (χ2n) is 5.34. The van der Waals surface area contributed by atoms with E-state index in [0.29, 0.717) is 30.0 Å². The molecule has 1 amide bonds.